The van der Waals surface area contributed by atoms with Gasteiger partial charge in [0.15, 0.2) is 5.65 Å². The van der Waals surface area contributed by atoms with Crippen LogP contribution in [-0.4, -0.2) is 35.5 Å². The Bertz CT molecular complexity index is 1380. The van der Waals surface area contributed by atoms with E-state index in [2.05, 4.69) is 20.2 Å². The van der Waals surface area contributed by atoms with Crippen molar-refractivity contribution in [2.24, 2.45) is 0 Å². The summed E-state index contributed by atoms with van der Waals surface area (Å²) in [5.41, 5.74) is 3.50. The summed E-state index contributed by atoms with van der Waals surface area (Å²) in [5.74, 6) is 0.513. The van der Waals surface area contributed by atoms with Crippen molar-refractivity contribution in [3.05, 3.63) is 89.4 Å². The zero-order chi connectivity index (χ0) is 22.7. The first-order valence-corrected chi connectivity index (χ1v) is 11.6. The van der Waals surface area contributed by atoms with Crippen LogP contribution in [0, 0.1) is 13.8 Å². The average molecular weight is 450 g/mol. The Labute approximate surface area is 186 Å². The minimum atomic E-state index is -3.71. The SMILES string of the molecule is Cc1ccc(S(=O)(=O)Nc2ccc(C(=O)NCCc3nnc4ccccn34)cc2)cc1C. The lowest BCUT2D eigenvalue weighted by Gasteiger charge is -2.10. The summed E-state index contributed by atoms with van der Waals surface area (Å²) in [6.45, 7) is 4.19. The highest BCUT2D eigenvalue weighted by atomic mass is 32.2. The van der Waals surface area contributed by atoms with Gasteiger partial charge in [0.25, 0.3) is 15.9 Å². The fraction of sp³-hybridized carbons (Fsp3) is 0.174. The molecule has 8 nitrogen and oxygen atoms in total. The molecule has 4 rings (SSSR count). The van der Waals surface area contributed by atoms with E-state index in [1.54, 1.807) is 42.5 Å². The number of rotatable bonds is 7. The van der Waals surface area contributed by atoms with Gasteiger partial charge in [-0.3, -0.25) is 13.9 Å². The van der Waals surface area contributed by atoms with E-state index in [0.29, 0.717) is 24.2 Å². The van der Waals surface area contributed by atoms with Crippen molar-refractivity contribution >= 4 is 27.3 Å². The molecule has 164 valence electrons. The Morgan fingerprint density at radius 2 is 1.75 bits per heavy atom. The van der Waals surface area contributed by atoms with E-state index >= 15 is 0 Å². The molecule has 0 saturated heterocycles. The predicted octanol–water partition coefficient (Wildman–Crippen LogP) is 3.12. The van der Waals surface area contributed by atoms with Crippen LogP contribution in [0.15, 0.2) is 71.8 Å². The van der Waals surface area contributed by atoms with E-state index in [1.165, 1.54) is 0 Å². The minimum Gasteiger partial charge on any atom is -0.352 e. The first-order chi connectivity index (χ1) is 15.3. The summed E-state index contributed by atoms with van der Waals surface area (Å²) in [7, 11) is -3.71. The number of aromatic nitrogens is 3. The van der Waals surface area contributed by atoms with Crippen LogP contribution in [-0.2, 0) is 16.4 Å². The maximum atomic E-state index is 12.6. The molecule has 0 aliphatic rings. The van der Waals surface area contributed by atoms with Gasteiger partial charge in [-0.2, -0.15) is 0 Å². The Balaban J connectivity index is 1.36. The molecule has 2 N–H and O–H groups in total. The third-order valence-electron chi connectivity index (χ3n) is 5.21. The molecule has 1 amide bonds. The molecule has 2 aromatic carbocycles. The number of carbonyl (C=O) groups excluding carboxylic acids is 1. The number of hydrogen-bond donors (Lipinski definition) is 2. The Morgan fingerprint density at radius 3 is 2.50 bits per heavy atom. The van der Waals surface area contributed by atoms with Gasteiger partial charge in [0, 0.05) is 30.4 Å². The lowest BCUT2D eigenvalue weighted by atomic mass is 10.1. The van der Waals surface area contributed by atoms with E-state index in [-0.39, 0.29) is 10.8 Å². The highest BCUT2D eigenvalue weighted by Crippen LogP contribution is 2.19. The van der Waals surface area contributed by atoms with Gasteiger partial charge < -0.3 is 5.32 Å². The highest BCUT2D eigenvalue weighted by Gasteiger charge is 2.15. The zero-order valence-corrected chi connectivity index (χ0v) is 18.6. The summed E-state index contributed by atoms with van der Waals surface area (Å²) in [4.78, 5) is 12.6. The summed E-state index contributed by atoms with van der Waals surface area (Å²) < 4.78 is 29.7. The molecule has 0 spiro atoms. The second kappa shape index (κ2) is 8.80. The summed E-state index contributed by atoms with van der Waals surface area (Å²) in [6, 6.07) is 16.9. The number of fused-ring (bicyclic) bond motifs is 1. The van der Waals surface area contributed by atoms with Crippen LogP contribution in [0.1, 0.15) is 27.3 Å². The summed E-state index contributed by atoms with van der Waals surface area (Å²) in [5, 5.41) is 11.1. The van der Waals surface area contributed by atoms with E-state index in [0.717, 1.165) is 22.6 Å². The number of nitrogens with zero attached hydrogens (tertiary/aromatic N) is 3. The van der Waals surface area contributed by atoms with E-state index < -0.39 is 10.0 Å². The Morgan fingerprint density at radius 1 is 0.969 bits per heavy atom. The molecule has 2 heterocycles. The largest absolute Gasteiger partial charge is 0.352 e. The molecule has 0 radical (unpaired) electrons. The van der Waals surface area contributed by atoms with E-state index in [9.17, 15) is 13.2 Å². The molecule has 0 atom stereocenters. The van der Waals surface area contributed by atoms with E-state index in [4.69, 9.17) is 0 Å². The fourth-order valence-corrected chi connectivity index (χ4v) is 4.38. The van der Waals surface area contributed by atoms with Crippen LogP contribution in [0.3, 0.4) is 0 Å². The Hall–Kier alpha value is -3.72. The molecule has 4 aromatic rings. The molecule has 0 aliphatic carbocycles. The molecule has 9 heteroatoms. The average Bonchev–Trinajstić information content (AvgIpc) is 3.19. The van der Waals surface area contributed by atoms with Crippen molar-refractivity contribution in [1.82, 2.24) is 19.9 Å². The van der Waals surface area contributed by atoms with Crippen LogP contribution in [0.25, 0.3) is 5.65 Å². The van der Waals surface area contributed by atoms with Gasteiger partial charge in [-0.25, -0.2) is 8.42 Å². The number of hydrogen-bond acceptors (Lipinski definition) is 5. The third kappa shape index (κ3) is 4.62. The van der Waals surface area contributed by atoms with Crippen molar-refractivity contribution in [2.75, 3.05) is 11.3 Å². The fourth-order valence-electron chi connectivity index (χ4n) is 3.24. The monoisotopic (exact) mass is 449 g/mol. The van der Waals surface area contributed by atoms with Crippen molar-refractivity contribution in [3.8, 4) is 0 Å². The van der Waals surface area contributed by atoms with E-state index in [1.807, 2.05) is 42.6 Å². The quantitative estimate of drug-likeness (QED) is 0.451. The first-order valence-electron chi connectivity index (χ1n) is 10.1. The molecule has 0 unspecified atom stereocenters. The molecule has 0 saturated carbocycles. The number of aryl methyl sites for hydroxylation is 2. The topological polar surface area (TPSA) is 105 Å². The van der Waals surface area contributed by atoms with Gasteiger partial charge >= 0.3 is 0 Å². The van der Waals surface area contributed by atoms with Crippen LogP contribution in [0.4, 0.5) is 5.69 Å². The summed E-state index contributed by atoms with van der Waals surface area (Å²) >= 11 is 0. The third-order valence-corrected chi connectivity index (χ3v) is 6.59. The van der Waals surface area contributed by atoms with Crippen LogP contribution >= 0.6 is 0 Å². The van der Waals surface area contributed by atoms with Gasteiger partial charge in [-0.05, 0) is 73.5 Å². The number of benzene rings is 2. The lowest BCUT2D eigenvalue weighted by molar-refractivity contribution is 0.0954. The molecule has 2 aromatic heterocycles. The van der Waals surface area contributed by atoms with Gasteiger partial charge in [-0.15, -0.1) is 10.2 Å². The highest BCUT2D eigenvalue weighted by molar-refractivity contribution is 7.92. The second-order valence-corrected chi connectivity index (χ2v) is 9.16. The van der Waals surface area contributed by atoms with Gasteiger partial charge in [0.1, 0.15) is 5.82 Å². The van der Waals surface area contributed by atoms with Crippen molar-refractivity contribution in [2.45, 2.75) is 25.2 Å². The minimum absolute atomic E-state index is 0.198. The molecule has 32 heavy (non-hydrogen) atoms. The Kier molecular flexibility index (Phi) is 5.91. The zero-order valence-electron chi connectivity index (χ0n) is 17.7. The number of anilines is 1. The number of nitrogens with one attached hydrogen (secondary N) is 2. The second-order valence-electron chi connectivity index (χ2n) is 7.48. The van der Waals surface area contributed by atoms with Gasteiger partial charge in [0.05, 0.1) is 4.90 Å². The number of pyridine rings is 1. The maximum Gasteiger partial charge on any atom is 0.261 e. The molecule has 0 bridgehead atoms. The summed E-state index contributed by atoms with van der Waals surface area (Å²) in [6.07, 6.45) is 2.41. The van der Waals surface area contributed by atoms with Crippen LogP contribution in [0.5, 0.6) is 0 Å². The van der Waals surface area contributed by atoms with Crippen LogP contribution in [0.2, 0.25) is 0 Å². The van der Waals surface area contributed by atoms with Gasteiger partial charge in [-0.1, -0.05) is 12.1 Å². The van der Waals surface area contributed by atoms with Crippen molar-refractivity contribution < 1.29 is 13.2 Å². The van der Waals surface area contributed by atoms with Gasteiger partial charge in [0.2, 0.25) is 0 Å². The number of carbonyl (C=O) groups is 1. The van der Waals surface area contributed by atoms with Crippen molar-refractivity contribution in [1.29, 1.82) is 0 Å². The number of amides is 1. The van der Waals surface area contributed by atoms with Crippen molar-refractivity contribution in [3.63, 3.8) is 0 Å². The molecular formula is C23H23N5O3S. The maximum absolute atomic E-state index is 12.6. The molecule has 0 aliphatic heterocycles. The lowest BCUT2D eigenvalue weighted by Crippen LogP contribution is -2.26. The predicted molar refractivity (Wildman–Crippen MR) is 122 cm³/mol. The molecular weight excluding hydrogens is 426 g/mol. The normalized spacial score (nSPS) is 11.4. The molecule has 0 fully saturated rings. The smallest absolute Gasteiger partial charge is 0.261 e. The van der Waals surface area contributed by atoms with Crippen LogP contribution < -0.4 is 10.0 Å². The number of sulfonamides is 1. The first kappa shape index (κ1) is 21.5. The standard InChI is InChI=1S/C23H23N5O3S/c1-16-6-11-20(15-17(16)2)32(30,31)27-19-9-7-18(8-10-19)23(29)24-13-12-22-26-25-21-5-3-4-14-28(21)22/h3-11,14-15,27H,12-13H2,1-2H3,(H,24,29).